The molecule has 6 nitrogen and oxygen atoms in total. The summed E-state index contributed by atoms with van der Waals surface area (Å²) in [6, 6.07) is 13.5. The lowest BCUT2D eigenvalue weighted by atomic mass is 10.1. The molecular formula is C20H24O6S. The van der Waals surface area contributed by atoms with E-state index < -0.39 is 16.1 Å². The molecule has 0 aromatic heterocycles. The van der Waals surface area contributed by atoms with E-state index in [1.54, 1.807) is 50.2 Å². The molecule has 0 N–H and O–H groups in total. The number of carbonyl (C=O) groups is 1. The smallest absolute Gasteiger partial charge is 0.344 e. The van der Waals surface area contributed by atoms with Crippen LogP contribution < -0.4 is 4.74 Å². The number of esters is 1. The minimum Gasteiger partial charge on any atom is -0.482 e. The second-order valence-electron chi connectivity index (χ2n) is 6.31. The molecule has 0 radical (unpaired) electrons. The first kappa shape index (κ1) is 20.9. The van der Waals surface area contributed by atoms with Crippen LogP contribution >= 0.6 is 0 Å². The van der Waals surface area contributed by atoms with Gasteiger partial charge in [-0.15, -0.1) is 0 Å². The third kappa shape index (κ3) is 7.03. The Morgan fingerprint density at radius 2 is 1.63 bits per heavy atom. The van der Waals surface area contributed by atoms with E-state index in [0.717, 1.165) is 11.1 Å². The molecule has 0 aliphatic carbocycles. The summed E-state index contributed by atoms with van der Waals surface area (Å²) >= 11 is 0. The molecule has 0 fully saturated rings. The van der Waals surface area contributed by atoms with Crippen molar-refractivity contribution < 1.29 is 26.9 Å². The third-order valence-corrected chi connectivity index (χ3v) is 4.91. The number of aryl methyl sites for hydroxylation is 1. The van der Waals surface area contributed by atoms with Crippen LogP contribution in [0.1, 0.15) is 25.0 Å². The van der Waals surface area contributed by atoms with E-state index in [9.17, 15) is 13.2 Å². The van der Waals surface area contributed by atoms with Crippen molar-refractivity contribution in [2.75, 3.05) is 13.2 Å². The van der Waals surface area contributed by atoms with Crippen LogP contribution in [0.5, 0.6) is 5.75 Å². The van der Waals surface area contributed by atoms with Crippen molar-refractivity contribution >= 4 is 16.1 Å². The summed E-state index contributed by atoms with van der Waals surface area (Å²) in [5.41, 5.74) is 1.87. The third-order valence-electron chi connectivity index (χ3n) is 3.59. The molecule has 0 bridgehead atoms. The Bertz CT molecular complexity index is 839. The monoisotopic (exact) mass is 392 g/mol. The van der Waals surface area contributed by atoms with Crippen LogP contribution in [0.15, 0.2) is 53.4 Å². The lowest BCUT2D eigenvalue weighted by molar-refractivity contribution is -0.149. The average Bonchev–Trinajstić information content (AvgIpc) is 2.61. The van der Waals surface area contributed by atoms with E-state index >= 15 is 0 Å². The maximum absolute atomic E-state index is 12.1. The van der Waals surface area contributed by atoms with Crippen molar-refractivity contribution in [3.05, 3.63) is 59.7 Å². The fraction of sp³-hybridized carbons (Fsp3) is 0.350. The Hall–Kier alpha value is -2.38. The molecule has 7 heteroatoms. The topological polar surface area (TPSA) is 78.9 Å². The molecule has 27 heavy (non-hydrogen) atoms. The minimum absolute atomic E-state index is 0.0388. The Labute approximate surface area is 160 Å². The van der Waals surface area contributed by atoms with Crippen LogP contribution in [0, 0.1) is 6.92 Å². The zero-order valence-electron chi connectivity index (χ0n) is 15.7. The second kappa shape index (κ2) is 9.53. The summed E-state index contributed by atoms with van der Waals surface area (Å²) in [7, 11) is -3.76. The summed E-state index contributed by atoms with van der Waals surface area (Å²) in [6.07, 6.45) is 0.250. The largest absolute Gasteiger partial charge is 0.482 e. The highest BCUT2D eigenvalue weighted by atomic mass is 32.2. The van der Waals surface area contributed by atoms with Gasteiger partial charge in [-0.25, -0.2) is 4.79 Å². The van der Waals surface area contributed by atoms with E-state index in [2.05, 4.69) is 0 Å². The maximum atomic E-state index is 12.1. The molecule has 2 rings (SSSR count). The van der Waals surface area contributed by atoms with Gasteiger partial charge in [0, 0.05) is 0 Å². The summed E-state index contributed by atoms with van der Waals surface area (Å²) in [6.45, 7) is 5.31. The fourth-order valence-corrected chi connectivity index (χ4v) is 3.14. The first-order chi connectivity index (χ1) is 12.8. The number of ether oxygens (including phenoxy) is 2. The van der Waals surface area contributed by atoms with Gasteiger partial charge < -0.3 is 9.47 Å². The van der Waals surface area contributed by atoms with Gasteiger partial charge in [0.2, 0.25) is 0 Å². The molecule has 0 saturated heterocycles. The number of carbonyl (C=O) groups excluding carboxylic acids is 1. The summed E-state index contributed by atoms with van der Waals surface area (Å²) < 4.78 is 39.7. The van der Waals surface area contributed by atoms with Crippen LogP contribution in [0.2, 0.25) is 0 Å². The van der Waals surface area contributed by atoms with Crippen LogP contribution in [0.25, 0.3) is 0 Å². The molecule has 0 heterocycles. The van der Waals surface area contributed by atoms with Crippen molar-refractivity contribution in [2.24, 2.45) is 0 Å². The second-order valence-corrected chi connectivity index (χ2v) is 7.93. The highest BCUT2D eigenvalue weighted by Crippen LogP contribution is 2.16. The highest BCUT2D eigenvalue weighted by molar-refractivity contribution is 7.86. The maximum Gasteiger partial charge on any atom is 0.344 e. The Morgan fingerprint density at radius 1 is 1.00 bits per heavy atom. The van der Waals surface area contributed by atoms with Crippen LogP contribution in [-0.4, -0.2) is 33.7 Å². The van der Waals surface area contributed by atoms with Gasteiger partial charge >= 0.3 is 5.97 Å². The molecular weight excluding hydrogens is 368 g/mol. The molecule has 2 aromatic rings. The van der Waals surface area contributed by atoms with Gasteiger partial charge in [-0.2, -0.15) is 8.42 Å². The van der Waals surface area contributed by atoms with E-state index in [-0.39, 0.29) is 24.2 Å². The Morgan fingerprint density at radius 3 is 2.22 bits per heavy atom. The van der Waals surface area contributed by atoms with Crippen molar-refractivity contribution in [1.29, 1.82) is 0 Å². The number of rotatable bonds is 9. The molecule has 146 valence electrons. The number of benzene rings is 2. The van der Waals surface area contributed by atoms with Crippen molar-refractivity contribution in [3.63, 3.8) is 0 Å². The predicted molar refractivity (Wildman–Crippen MR) is 101 cm³/mol. The van der Waals surface area contributed by atoms with Gasteiger partial charge in [0.15, 0.2) is 6.61 Å². The molecule has 0 aliphatic heterocycles. The highest BCUT2D eigenvalue weighted by Gasteiger charge is 2.14. The summed E-state index contributed by atoms with van der Waals surface area (Å²) in [5, 5.41) is 0. The average molecular weight is 392 g/mol. The van der Waals surface area contributed by atoms with Gasteiger partial charge in [-0.05, 0) is 57.0 Å². The molecule has 2 aromatic carbocycles. The number of hydrogen-bond acceptors (Lipinski definition) is 6. The molecule has 0 unspecified atom stereocenters. The molecule has 0 saturated carbocycles. The predicted octanol–water partition coefficient (Wildman–Crippen LogP) is 3.27. The Balaban J connectivity index is 1.81. The molecule has 0 atom stereocenters. The lowest BCUT2D eigenvalue weighted by Crippen LogP contribution is -2.18. The van der Waals surface area contributed by atoms with Gasteiger partial charge in [0.1, 0.15) is 5.75 Å². The van der Waals surface area contributed by atoms with Gasteiger partial charge in [-0.1, -0.05) is 29.8 Å². The van der Waals surface area contributed by atoms with E-state index in [0.29, 0.717) is 12.2 Å². The Kier molecular flexibility index (Phi) is 7.38. The van der Waals surface area contributed by atoms with E-state index in [1.165, 1.54) is 12.1 Å². The van der Waals surface area contributed by atoms with Crippen LogP contribution in [-0.2, 0) is 30.3 Å². The van der Waals surface area contributed by atoms with Crippen molar-refractivity contribution in [3.8, 4) is 5.75 Å². The standard InChI is InChI=1S/C20H24O6S/c1-15(2)26-20(21)14-24-18-8-6-17(7-9-18)12-13-25-27(22,23)19-10-4-16(3)5-11-19/h4-11,15H,12-14H2,1-3H3. The number of hydrogen-bond donors (Lipinski definition) is 0. The van der Waals surface area contributed by atoms with Crippen LogP contribution in [0.3, 0.4) is 0 Å². The zero-order valence-corrected chi connectivity index (χ0v) is 16.5. The van der Waals surface area contributed by atoms with E-state index in [1.807, 2.05) is 6.92 Å². The van der Waals surface area contributed by atoms with Crippen LogP contribution in [0.4, 0.5) is 0 Å². The quantitative estimate of drug-likeness (QED) is 0.481. The van der Waals surface area contributed by atoms with Gasteiger partial charge in [0.25, 0.3) is 10.1 Å². The summed E-state index contributed by atoms with van der Waals surface area (Å²) in [5.74, 6) is 0.108. The van der Waals surface area contributed by atoms with E-state index in [4.69, 9.17) is 13.7 Å². The zero-order chi connectivity index (χ0) is 19.9. The normalized spacial score (nSPS) is 11.4. The summed E-state index contributed by atoms with van der Waals surface area (Å²) in [4.78, 5) is 11.6. The molecule has 0 spiro atoms. The first-order valence-corrected chi connectivity index (χ1v) is 10.0. The SMILES string of the molecule is Cc1ccc(S(=O)(=O)OCCc2ccc(OCC(=O)OC(C)C)cc2)cc1. The van der Waals surface area contributed by atoms with Crippen molar-refractivity contribution in [2.45, 2.75) is 38.2 Å². The minimum atomic E-state index is -3.76. The fourth-order valence-electron chi connectivity index (χ4n) is 2.23. The first-order valence-electron chi connectivity index (χ1n) is 8.63. The molecule has 0 amide bonds. The van der Waals surface area contributed by atoms with Gasteiger partial charge in [-0.3, -0.25) is 4.18 Å². The molecule has 0 aliphatic rings. The van der Waals surface area contributed by atoms with Crippen molar-refractivity contribution in [1.82, 2.24) is 0 Å². The lowest BCUT2D eigenvalue weighted by Gasteiger charge is -2.10. The van der Waals surface area contributed by atoms with Gasteiger partial charge in [0.05, 0.1) is 17.6 Å².